The standard InChI is InChI=1S/C29H35N/c1-20-17-21(2)22(3)25(18-20)28-19-26(24-9-5-6-10-27(24)30-28)23-11-15-29(16-12-23)13-7-4-8-14-29/h5-6,9-10,17-19,23H,4,7-8,11-16H2,1-3H3. The van der Waals surface area contributed by atoms with Crippen LogP contribution in [0, 0.1) is 26.2 Å². The molecule has 0 atom stereocenters. The minimum Gasteiger partial charge on any atom is -0.248 e. The molecule has 0 amide bonds. The predicted molar refractivity (Wildman–Crippen MR) is 128 cm³/mol. The summed E-state index contributed by atoms with van der Waals surface area (Å²) in [4.78, 5) is 5.13. The molecule has 1 spiro atoms. The van der Waals surface area contributed by atoms with Crippen LogP contribution in [0.3, 0.4) is 0 Å². The molecule has 1 heterocycles. The van der Waals surface area contributed by atoms with E-state index in [4.69, 9.17) is 4.98 Å². The Balaban J connectivity index is 1.56. The molecule has 2 aliphatic carbocycles. The third kappa shape index (κ3) is 3.57. The van der Waals surface area contributed by atoms with Gasteiger partial charge in [0.2, 0.25) is 0 Å². The molecular weight excluding hydrogens is 362 g/mol. The van der Waals surface area contributed by atoms with Crippen molar-refractivity contribution < 1.29 is 0 Å². The summed E-state index contributed by atoms with van der Waals surface area (Å²) >= 11 is 0. The Hall–Kier alpha value is -2.15. The number of fused-ring (bicyclic) bond motifs is 1. The van der Waals surface area contributed by atoms with Crippen LogP contribution in [-0.2, 0) is 0 Å². The fourth-order valence-electron chi connectivity index (χ4n) is 6.33. The molecule has 1 heteroatoms. The first-order valence-corrected chi connectivity index (χ1v) is 12.0. The van der Waals surface area contributed by atoms with E-state index in [1.165, 1.54) is 85.4 Å². The van der Waals surface area contributed by atoms with Crippen LogP contribution in [0.2, 0.25) is 0 Å². The number of hydrogen-bond donors (Lipinski definition) is 0. The summed E-state index contributed by atoms with van der Waals surface area (Å²) in [7, 11) is 0. The van der Waals surface area contributed by atoms with E-state index in [0.29, 0.717) is 11.3 Å². The van der Waals surface area contributed by atoms with Crippen molar-refractivity contribution in [1.29, 1.82) is 0 Å². The van der Waals surface area contributed by atoms with Crippen LogP contribution in [0.1, 0.15) is 86.0 Å². The fourth-order valence-corrected chi connectivity index (χ4v) is 6.33. The van der Waals surface area contributed by atoms with E-state index in [-0.39, 0.29) is 0 Å². The van der Waals surface area contributed by atoms with Gasteiger partial charge in [0.25, 0.3) is 0 Å². The average Bonchev–Trinajstić information content (AvgIpc) is 2.77. The van der Waals surface area contributed by atoms with Crippen molar-refractivity contribution >= 4 is 10.9 Å². The number of aromatic nitrogens is 1. The maximum atomic E-state index is 5.13. The molecule has 156 valence electrons. The SMILES string of the molecule is Cc1cc(C)c(C)c(-c2cc(C3CCC4(CCCCC4)CC3)c3ccccc3n2)c1. The molecule has 0 N–H and O–H groups in total. The molecule has 1 nitrogen and oxygen atoms in total. The molecule has 0 saturated heterocycles. The van der Waals surface area contributed by atoms with E-state index in [1.54, 1.807) is 5.56 Å². The highest BCUT2D eigenvalue weighted by atomic mass is 14.7. The normalized spacial score (nSPS) is 19.4. The van der Waals surface area contributed by atoms with Gasteiger partial charge in [-0.3, -0.25) is 0 Å². The highest BCUT2D eigenvalue weighted by molar-refractivity contribution is 5.86. The monoisotopic (exact) mass is 397 g/mol. The zero-order valence-corrected chi connectivity index (χ0v) is 18.9. The molecule has 2 aromatic carbocycles. The van der Waals surface area contributed by atoms with Gasteiger partial charge < -0.3 is 0 Å². The van der Waals surface area contributed by atoms with E-state index in [2.05, 4.69) is 63.2 Å². The highest BCUT2D eigenvalue weighted by Gasteiger charge is 2.36. The topological polar surface area (TPSA) is 12.9 Å². The van der Waals surface area contributed by atoms with Crippen molar-refractivity contribution in [2.24, 2.45) is 5.41 Å². The minimum atomic E-state index is 0.671. The number of hydrogen-bond acceptors (Lipinski definition) is 1. The van der Waals surface area contributed by atoms with E-state index in [0.717, 1.165) is 11.2 Å². The van der Waals surface area contributed by atoms with Crippen molar-refractivity contribution in [3.63, 3.8) is 0 Å². The van der Waals surface area contributed by atoms with Crippen LogP contribution in [0.15, 0.2) is 42.5 Å². The molecular formula is C29H35N. The summed E-state index contributed by atoms with van der Waals surface area (Å²) in [5.41, 5.74) is 9.87. The average molecular weight is 398 g/mol. The molecule has 2 saturated carbocycles. The van der Waals surface area contributed by atoms with Gasteiger partial charge in [0, 0.05) is 10.9 Å². The van der Waals surface area contributed by atoms with E-state index >= 15 is 0 Å². The Labute approximate surface area is 181 Å². The molecule has 2 fully saturated rings. The second kappa shape index (κ2) is 7.84. The molecule has 5 rings (SSSR count). The maximum Gasteiger partial charge on any atom is 0.0715 e. The van der Waals surface area contributed by atoms with Crippen LogP contribution < -0.4 is 0 Å². The molecule has 0 radical (unpaired) electrons. The Bertz CT molecular complexity index is 1060. The van der Waals surface area contributed by atoms with E-state index in [9.17, 15) is 0 Å². The Morgan fingerprint density at radius 2 is 1.57 bits per heavy atom. The number of benzene rings is 2. The molecule has 1 aromatic heterocycles. The molecule has 0 unspecified atom stereocenters. The quantitative estimate of drug-likeness (QED) is 0.423. The van der Waals surface area contributed by atoms with Gasteiger partial charge in [-0.15, -0.1) is 0 Å². The van der Waals surface area contributed by atoms with Gasteiger partial charge in [-0.05, 0) is 106 Å². The lowest BCUT2D eigenvalue weighted by atomic mass is 9.62. The van der Waals surface area contributed by atoms with Gasteiger partial charge in [-0.25, -0.2) is 4.98 Å². The van der Waals surface area contributed by atoms with Crippen molar-refractivity contribution in [2.75, 3.05) is 0 Å². The largest absolute Gasteiger partial charge is 0.248 e. The highest BCUT2D eigenvalue weighted by Crippen LogP contribution is 2.51. The summed E-state index contributed by atoms with van der Waals surface area (Å²) < 4.78 is 0. The fraction of sp³-hybridized carbons (Fsp3) is 0.483. The summed E-state index contributed by atoms with van der Waals surface area (Å²) in [6.45, 7) is 6.66. The summed E-state index contributed by atoms with van der Waals surface area (Å²) in [5, 5.41) is 1.37. The molecule has 0 bridgehead atoms. The summed E-state index contributed by atoms with van der Waals surface area (Å²) in [6, 6.07) is 15.8. The van der Waals surface area contributed by atoms with Gasteiger partial charge in [0.1, 0.15) is 0 Å². The third-order valence-electron chi connectivity index (χ3n) is 8.24. The van der Waals surface area contributed by atoms with Crippen molar-refractivity contribution in [1.82, 2.24) is 4.98 Å². The van der Waals surface area contributed by atoms with Crippen LogP contribution >= 0.6 is 0 Å². The first-order chi connectivity index (χ1) is 14.5. The predicted octanol–water partition coefficient (Wildman–Crippen LogP) is 8.44. The van der Waals surface area contributed by atoms with Crippen LogP contribution in [0.4, 0.5) is 0 Å². The number of para-hydroxylation sites is 1. The Morgan fingerprint density at radius 3 is 2.33 bits per heavy atom. The molecule has 3 aromatic rings. The second-order valence-corrected chi connectivity index (χ2v) is 10.2. The lowest BCUT2D eigenvalue weighted by molar-refractivity contribution is 0.114. The van der Waals surface area contributed by atoms with Crippen LogP contribution in [-0.4, -0.2) is 4.98 Å². The lowest BCUT2D eigenvalue weighted by Gasteiger charge is -2.43. The van der Waals surface area contributed by atoms with Gasteiger partial charge >= 0.3 is 0 Å². The molecule has 2 aliphatic rings. The van der Waals surface area contributed by atoms with Gasteiger partial charge in [0.15, 0.2) is 0 Å². The van der Waals surface area contributed by atoms with Gasteiger partial charge in [-0.1, -0.05) is 49.1 Å². The van der Waals surface area contributed by atoms with Gasteiger partial charge in [-0.2, -0.15) is 0 Å². The van der Waals surface area contributed by atoms with Crippen LogP contribution in [0.25, 0.3) is 22.2 Å². The summed E-state index contributed by atoms with van der Waals surface area (Å²) in [5.74, 6) is 0.676. The number of nitrogens with zero attached hydrogens (tertiary/aromatic N) is 1. The van der Waals surface area contributed by atoms with Crippen LogP contribution in [0.5, 0.6) is 0 Å². The zero-order valence-electron chi connectivity index (χ0n) is 18.9. The van der Waals surface area contributed by atoms with Crippen molar-refractivity contribution in [3.8, 4) is 11.3 Å². The summed E-state index contributed by atoms with van der Waals surface area (Å²) in [6.07, 6.45) is 12.9. The molecule has 30 heavy (non-hydrogen) atoms. The van der Waals surface area contributed by atoms with Crippen molar-refractivity contribution in [2.45, 2.75) is 84.5 Å². The van der Waals surface area contributed by atoms with E-state index in [1.807, 2.05) is 0 Å². The first kappa shape index (κ1) is 19.8. The number of aryl methyl sites for hydroxylation is 2. The van der Waals surface area contributed by atoms with E-state index < -0.39 is 0 Å². The molecule has 0 aliphatic heterocycles. The Kier molecular flexibility index (Phi) is 5.17. The Morgan fingerprint density at radius 1 is 0.833 bits per heavy atom. The second-order valence-electron chi connectivity index (χ2n) is 10.2. The third-order valence-corrected chi connectivity index (χ3v) is 8.24. The maximum absolute atomic E-state index is 5.13. The van der Waals surface area contributed by atoms with Crippen molar-refractivity contribution in [3.05, 3.63) is 64.7 Å². The minimum absolute atomic E-state index is 0.671. The first-order valence-electron chi connectivity index (χ1n) is 12.0. The smallest absolute Gasteiger partial charge is 0.0715 e. The zero-order chi connectivity index (χ0) is 20.7. The number of pyridine rings is 1. The number of rotatable bonds is 2. The van der Waals surface area contributed by atoms with Gasteiger partial charge in [0.05, 0.1) is 11.2 Å². The lowest BCUT2D eigenvalue weighted by Crippen LogP contribution is -2.29.